The third-order valence-corrected chi connectivity index (χ3v) is 5.47. The molecule has 0 aliphatic carbocycles. The van der Waals surface area contributed by atoms with Crippen molar-refractivity contribution in [3.05, 3.63) is 110 Å². The second-order valence-electron chi connectivity index (χ2n) is 6.64. The van der Waals surface area contributed by atoms with E-state index in [-0.39, 0.29) is 17.1 Å². The van der Waals surface area contributed by atoms with E-state index in [4.69, 9.17) is 4.42 Å². The molecule has 1 aliphatic heterocycles. The number of nitrogens with zero attached hydrogens (tertiary/aromatic N) is 1. The van der Waals surface area contributed by atoms with Crippen molar-refractivity contribution < 1.29 is 9.21 Å². The number of carbonyl (C=O) groups is 1. The van der Waals surface area contributed by atoms with Crippen LogP contribution in [0.4, 0.5) is 5.69 Å². The van der Waals surface area contributed by atoms with Gasteiger partial charge in [0.2, 0.25) is 5.76 Å². The van der Waals surface area contributed by atoms with Gasteiger partial charge in [0.05, 0.1) is 17.0 Å². The van der Waals surface area contributed by atoms with E-state index in [0.717, 1.165) is 10.0 Å². The Kier molecular flexibility index (Phi) is 3.91. The van der Waals surface area contributed by atoms with Crippen molar-refractivity contribution in [3.63, 3.8) is 0 Å². The molecule has 1 amide bonds. The molecule has 2 heterocycles. The molecule has 1 aromatic heterocycles. The molecule has 136 valence electrons. The first-order chi connectivity index (χ1) is 13.6. The van der Waals surface area contributed by atoms with Crippen LogP contribution in [-0.2, 0) is 0 Å². The van der Waals surface area contributed by atoms with E-state index in [1.165, 1.54) is 0 Å². The molecule has 5 rings (SSSR count). The molecule has 0 fully saturated rings. The van der Waals surface area contributed by atoms with Gasteiger partial charge in [0.1, 0.15) is 5.58 Å². The standard InChI is InChI=1S/C23H14BrNO3/c24-15-9-6-10-16(13-15)25-20(14-7-2-1-3-8-14)19-21(26)17-11-4-5-12-18(17)28-22(19)23(25)27/h1-13,20H. The highest BCUT2D eigenvalue weighted by atomic mass is 79.9. The highest BCUT2D eigenvalue weighted by Crippen LogP contribution is 2.41. The van der Waals surface area contributed by atoms with E-state index in [0.29, 0.717) is 22.2 Å². The van der Waals surface area contributed by atoms with E-state index in [2.05, 4.69) is 15.9 Å². The summed E-state index contributed by atoms with van der Waals surface area (Å²) < 4.78 is 6.78. The summed E-state index contributed by atoms with van der Waals surface area (Å²) in [5.74, 6) is -0.206. The van der Waals surface area contributed by atoms with Crippen molar-refractivity contribution in [3.8, 4) is 0 Å². The first kappa shape index (κ1) is 17.0. The van der Waals surface area contributed by atoms with Crippen molar-refractivity contribution in [2.45, 2.75) is 6.04 Å². The second-order valence-corrected chi connectivity index (χ2v) is 7.55. The number of hydrogen-bond acceptors (Lipinski definition) is 3. The number of carbonyl (C=O) groups excluding carboxylic acids is 1. The molecule has 0 N–H and O–H groups in total. The minimum Gasteiger partial charge on any atom is -0.450 e. The van der Waals surface area contributed by atoms with Gasteiger partial charge in [-0.15, -0.1) is 0 Å². The molecule has 0 spiro atoms. The average molecular weight is 432 g/mol. The quantitative estimate of drug-likeness (QED) is 0.432. The van der Waals surface area contributed by atoms with Gasteiger partial charge >= 0.3 is 0 Å². The normalized spacial score (nSPS) is 15.8. The van der Waals surface area contributed by atoms with Gasteiger partial charge in [0.15, 0.2) is 5.43 Å². The summed E-state index contributed by atoms with van der Waals surface area (Å²) in [5, 5.41) is 0.478. The smallest absolute Gasteiger partial charge is 0.295 e. The van der Waals surface area contributed by atoms with Crippen molar-refractivity contribution >= 4 is 38.5 Å². The van der Waals surface area contributed by atoms with E-state index >= 15 is 0 Å². The van der Waals surface area contributed by atoms with Crippen LogP contribution in [0.15, 0.2) is 92.5 Å². The summed E-state index contributed by atoms with van der Waals surface area (Å²) in [6.45, 7) is 0. The number of halogens is 1. The van der Waals surface area contributed by atoms with Crippen LogP contribution in [0.3, 0.4) is 0 Å². The van der Waals surface area contributed by atoms with Crippen LogP contribution < -0.4 is 10.3 Å². The molecule has 3 aromatic carbocycles. The third-order valence-electron chi connectivity index (χ3n) is 4.98. The molecule has 0 saturated carbocycles. The molecule has 28 heavy (non-hydrogen) atoms. The van der Waals surface area contributed by atoms with Gasteiger partial charge in [-0.05, 0) is 35.9 Å². The zero-order valence-corrected chi connectivity index (χ0v) is 16.2. The first-order valence-electron chi connectivity index (χ1n) is 8.85. The number of benzene rings is 3. The van der Waals surface area contributed by atoms with Crippen LogP contribution in [0.2, 0.25) is 0 Å². The molecular formula is C23H14BrNO3. The van der Waals surface area contributed by atoms with Crippen molar-refractivity contribution in [1.82, 2.24) is 0 Å². The van der Waals surface area contributed by atoms with Crippen LogP contribution in [0.1, 0.15) is 27.7 Å². The lowest BCUT2D eigenvalue weighted by Gasteiger charge is -2.25. The summed E-state index contributed by atoms with van der Waals surface area (Å²) in [7, 11) is 0. The number of anilines is 1. The molecule has 4 nitrogen and oxygen atoms in total. The highest BCUT2D eigenvalue weighted by Gasteiger charge is 2.43. The van der Waals surface area contributed by atoms with Crippen LogP contribution in [0.25, 0.3) is 11.0 Å². The van der Waals surface area contributed by atoms with Gasteiger partial charge in [0.25, 0.3) is 5.91 Å². The summed E-state index contributed by atoms with van der Waals surface area (Å²) in [5.41, 5.74) is 2.19. The molecule has 1 aliphatic rings. The largest absolute Gasteiger partial charge is 0.450 e. The Morgan fingerprint density at radius 3 is 2.39 bits per heavy atom. The van der Waals surface area contributed by atoms with E-state index in [1.807, 2.05) is 54.6 Å². The zero-order valence-electron chi connectivity index (χ0n) is 14.6. The Bertz CT molecular complexity index is 1280. The minimum atomic E-state index is -0.543. The van der Waals surface area contributed by atoms with Gasteiger partial charge in [-0.2, -0.15) is 0 Å². The lowest BCUT2D eigenvalue weighted by Crippen LogP contribution is -2.29. The maximum Gasteiger partial charge on any atom is 0.295 e. The van der Waals surface area contributed by atoms with Crippen molar-refractivity contribution in [2.24, 2.45) is 0 Å². The summed E-state index contributed by atoms with van der Waals surface area (Å²) in [6, 6.07) is 23.5. The topological polar surface area (TPSA) is 50.5 Å². The molecule has 1 atom stereocenters. The number of fused-ring (bicyclic) bond motifs is 2. The average Bonchev–Trinajstić information content (AvgIpc) is 3.02. The molecule has 0 saturated heterocycles. The molecule has 1 unspecified atom stereocenters. The van der Waals surface area contributed by atoms with Gasteiger partial charge in [-0.1, -0.05) is 64.5 Å². The first-order valence-corrected chi connectivity index (χ1v) is 9.64. The van der Waals surface area contributed by atoms with Crippen molar-refractivity contribution in [2.75, 3.05) is 4.90 Å². The fraction of sp³-hybridized carbons (Fsp3) is 0.0435. The molecule has 5 heteroatoms. The predicted octanol–water partition coefficient (Wildman–Crippen LogP) is 5.31. The molecule has 0 bridgehead atoms. The SMILES string of the molecule is O=C1c2oc3ccccc3c(=O)c2C(c2ccccc2)N1c1cccc(Br)c1. The summed E-state index contributed by atoms with van der Waals surface area (Å²) >= 11 is 3.47. The maximum atomic E-state index is 13.4. The fourth-order valence-electron chi connectivity index (χ4n) is 3.76. The zero-order chi connectivity index (χ0) is 19.3. The molecule has 4 aromatic rings. The van der Waals surface area contributed by atoms with E-state index in [1.54, 1.807) is 29.2 Å². The van der Waals surface area contributed by atoms with Gasteiger partial charge < -0.3 is 4.42 Å². The monoisotopic (exact) mass is 431 g/mol. The van der Waals surface area contributed by atoms with Crippen LogP contribution in [0, 0.1) is 0 Å². The van der Waals surface area contributed by atoms with E-state index in [9.17, 15) is 9.59 Å². The molecule has 0 radical (unpaired) electrons. The predicted molar refractivity (Wildman–Crippen MR) is 112 cm³/mol. The maximum absolute atomic E-state index is 13.4. The second kappa shape index (κ2) is 6.46. The molecular weight excluding hydrogens is 418 g/mol. The van der Waals surface area contributed by atoms with Crippen LogP contribution in [0.5, 0.6) is 0 Å². The summed E-state index contributed by atoms with van der Waals surface area (Å²) in [4.78, 5) is 28.3. The highest BCUT2D eigenvalue weighted by molar-refractivity contribution is 9.10. The Hall–Kier alpha value is -3.18. The third kappa shape index (κ3) is 2.51. The Morgan fingerprint density at radius 1 is 0.857 bits per heavy atom. The Labute approximate surface area is 169 Å². The van der Waals surface area contributed by atoms with Crippen molar-refractivity contribution in [1.29, 1.82) is 0 Å². The van der Waals surface area contributed by atoms with Crippen LogP contribution >= 0.6 is 15.9 Å². The van der Waals surface area contributed by atoms with Gasteiger partial charge in [-0.25, -0.2) is 0 Å². The number of rotatable bonds is 2. The van der Waals surface area contributed by atoms with Gasteiger partial charge in [-0.3, -0.25) is 14.5 Å². The fourth-order valence-corrected chi connectivity index (χ4v) is 4.15. The Balaban J connectivity index is 1.83. The van der Waals surface area contributed by atoms with Crippen LogP contribution in [-0.4, -0.2) is 5.91 Å². The summed E-state index contributed by atoms with van der Waals surface area (Å²) in [6.07, 6.45) is 0. The minimum absolute atomic E-state index is 0.109. The number of hydrogen-bond donors (Lipinski definition) is 0. The van der Waals surface area contributed by atoms with E-state index < -0.39 is 6.04 Å². The lowest BCUT2D eigenvalue weighted by atomic mass is 9.98. The van der Waals surface area contributed by atoms with Gasteiger partial charge in [0, 0.05) is 10.2 Å². The Morgan fingerprint density at radius 2 is 1.61 bits per heavy atom. The number of amides is 1. The number of para-hydroxylation sites is 1. The lowest BCUT2D eigenvalue weighted by molar-refractivity contribution is 0.0971.